The van der Waals surface area contributed by atoms with Gasteiger partial charge in [-0.1, -0.05) is 0 Å². The summed E-state index contributed by atoms with van der Waals surface area (Å²) in [7, 11) is 0. The number of aliphatic hydroxyl groups is 1. The largest absolute Gasteiger partial charge is 0.480 e. The first-order chi connectivity index (χ1) is 14.4. The Kier molecular flexibility index (Phi) is 12.2. The number of hydrogen-bond donors (Lipinski definition) is 9. The van der Waals surface area contributed by atoms with Gasteiger partial charge in [-0.05, 0) is 19.8 Å². The van der Waals surface area contributed by atoms with Gasteiger partial charge in [-0.2, -0.15) is 0 Å². The average molecular weight is 446 g/mol. The molecule has 0 aromatic carbocycles. The van der Waals surface area contributed by atoms with Gasteiger partial charge < -0.3 is 49.1 Å². The molecular formula is C16H30N8O7. The van der Waals surface area contributed by atoms with Crippen LogP contribution in [0.5, 0.6) is 0 Å². The Hall–Kier alpha value is -3.46. The quantitative estimate of drug-likeness (QED) is 0.0694. The van der Waals surface area contributed by atoms with Crippen LogP contribution in [0, 0.1) is 0 Å². The smallest absolute Gasteiger partial charge is 0.328 e. The van der Waals surface area contributed by atoms with E-state index in [-0.39, 0.29) is 18.9 Å². The van der Waals surface area contributed by atoms with Crippen LogP contribution in [-0.2, 0) is 24.0 Å². The van der Waals surface area contributed by atoms with Gasteiger partial charge in [0.25, 0.3) is 0 Å². The molecule has 0 aliphatic rings. The Morgan fingerprint density at radius 1 is 0.935 bits per heavy atom. The maximum absolute atomic E-state index is 12.4. The van der Waals surface area contributed by atoms with Crippen LogP contribution in [0.15, 0.2) is 4.99 Å². The molecule has 4 atom stereocenters. The van der Waals surface area contributed by atoms with Gasteiger partial charge in [0.15, 0.2) is 5.96 Å². The molecule has 0 spiro atoms. The molecule has 0 saturated heterocycles. The Morgan fingerprint density at radius 2 is 1.52 bits per heavy atom. The van der Waals surface area contributed by atoms with Crippen molar-refractivity contribution >= 4 is 35.6 Å². The number of guanidine groups is 1. The van der Waals surface area contributed by atoms with E-state index < -0.39 is 66.8 Å². The second kappa shape index (κ2) is 13.7. The molecule has 0 aliphatic heterocycles. The third kappa shape index (κ3) is 11.3. The van der Waals surface area contributed by atoms with Crippen molar-refractivity contribution in [3.05, 3.63) is 0 Å². The summed E-state index contributed by atoms with van der Waals surface area (Å²) in [6, 6.07) is -5.26. The lowest BCUT2D eigenvalue weighted by Gasteiger charge is -2.22. The van der Waals surface area contributed by atoms with E-state index in [1.165, 1.54) is 6.92 Å². The lowest BCUT2D eigenvalue weighted by molar-refractivity contribution is -0.143. The van der Waals surface area contributed by atoms with E-state index in [2.05, 4.69) is 15.6 Å². The summed E-state index contributed by atoms with van der Waals surface area (Å²) in [5, 5.41) is 24.3. The van der Waals surface area contributed by atoms with E-state index in [9.17, 15) is 24.0 Å². The number of rotatable bonds is 14. The van der Waals surface area contributed by atoms with Crippen molar-refractivity contribution in [2.45, 2.75) is 50.4 Å². The highest BCUT2D eigenvalue weighted by Crippen LogP contribution is 2.00. The molecule has 15 nitrogen and oxygen atoms in total. The second-order valence-corrected chi connectivity index (χ2v) is 6.60. The van der Waals surface area contributed by atoms with Crippen LogP contribution in [0.2, 0.25) is 0 Å². The van der Waals surface area contributed by atoms with Crippen molar-refractivity contribution in [3.63, 3.8) is 0 Å². The molecule has 0 saturated carbocycles. The van der Waals surface area contributed by atoms with Crippen LogP contribution in [-0.4, -0.2) is 83.1 Å². The summed E-state index contributed by atoms with van der Waals surface area (Å²) in [6.45, 7) is 0.623. The molecule has 15 heteroatoms. The molecule has 4 amide bonds. The van der Waals surface area contributed by atoms with Crippen molar-refractivity contribution in [3.8, 4) is 0 Å². The second-order valence-electron chi connectivity index (χ2n) is 6.60. The number of carbonyl (C=O) groups excluding carboxylic acids is 4. The topological polar surface area (TPSA) is 278 Å². The van der Waals surface area contributed by atoms with Crippen LogP contribution >= 0.6 is 0 Å². The molecule has 0 heterocycles. The number of nitrogens with one attached hydrogen (secondary N) is 3. The first-order valence-corrected chi connectivity index (χ1v) is 9.23. The van der Waals surface area contributed by atoms with Gasteiger partial charge in [0, 0.05) is 6.54 Å². The summed E-state index contributed by atoms with van der Waals surface area (Å²) in [5.74, 6) is -5.04. The Morgan fingerprint density at radius 3 is 2.00 bits per heavy atom. The van der Waals surface area contributed by atoms with Gasteiger partial charge in [0.1, 0.15) is 18.1 Å². The van der Waals surface area contributed by atoms with Crippen LogP contribution < -0.4 is 38.9 Å². The van der Waals surface area contributed by atoms with Crippen molar-refractivity contribution in [1.82, 2.24) is 16.0 Å². The molecule has 0 radical (unpaired) electrons. The molecule has 0 rings (SSSR count). The number of primary amides is 1. The van der Waals surface area contributed by atoms with Gasteiger partial charge >= 0.3 is 5.97 Å². The molecule has 0 bridgehead atoms. The van der Waals surface area contributed by atoms with E-state index in [0.29, 0.717) is 6.42 Å². The fraction of sp³-hybridized carbons (Fsp3) is 0.625. The van der Waals surface area contributed by atoms with Gasteiger partial charge in [0.05, 0.1) is 19.1 Å². The highest BCUT2D eigenvalue weighted by atomic mass is 16.4. The van der Waals surface area contributed by atoms with Gasteiger partial charge in [-0.3, -0.25) is 24.2 Å². The molecule has 0 aromatic heterocycles. The molecule has 4 unspecified atom stereocenters. The lowest BCUT2D eigenvalue weighted by Crippen LogP contribution is -2.57. The van der Waals surface area contributed by atoms with Crippen molar-refractivity contribution in [2.24, 2.45) is 27.9 Å². The minimum Gasteiger partial charge on any atom is -0.480 e. The van der Waals surface area contributed by atoms with Crippen LogP contribution in [0.1, 0.15) is 26.2 Å². The fourth-order valence-electron chi connectivity index (χ4n) is 2.20. The first-order valence-electron chi connectivity index (χ1n) is 9.23. The SMILES string of the molecule is CC(NC(=O)C(CC(N)=O)NC(=O)C(N)CCCN=C(N)N)C(=O)NC(CO)C(=O)O. The Balaban J connectivity index is 4.94. The number of carboxylic acids is 1. The summed E-state index contributed by atoms with van der Waals surface area (Å²) in [4.78, 5) is 62.5. The molecule has 0 aromatic rings. The fourth-order valence-corrected chi connectivity index (χ4v) is 2.20. The minimum absolute atomic E-state index is 0.108. The van der Waals surface area contributed by atoms with Crippen LogP contribution in [0.4, 0.5) is 0 Å². The standard InChI is InChI=1S/C16H30N8O7/c1-7(12(27)24-10(6-25)15(30)31)22-14(29)9(5-11(18)26)23-13(28)8(17)3-2-4-21-16(19)20/h7-10,25H,2-6,17H2,1H3,(H2,18,26)(H,22,29)(H,23,28)(H,24,27)(H,30,31)(H4,19,20,21). The zero-order valence-electron chi connectivity index (χ0n) is 17.0. The first kappa shape index (κ1) is 27.5. The Labute approximate surface area is 178 Å². The highest BCUT2D eigenvalue weighted by Gasteiger charge is 2.29. The normalized spacial score (nSPS) is 14.3. The predicted octanol–water partition coefficient (Wildman–Crippen LogP) is -5.21. The molecule has 31 heavy (non-hydrogen) atoms. The maximum atomic E-state index is 12.4. The minimum atomic E-state index is -1.56. The summed E-state index contributed by atoms with van der Waals surface area (Å²) in [6.07, 6.45) is -0.00291. The molecule has 0 fully saturated rings. The van der Waals surface area contributed by atoms with E-state index in [1.54, 1.807) is 0 Å². The third-order valence-electron chi connectivity index (χ3n) is 3.89. The van der Waals surface area contributed by atoms with Gasteiger partial charge in [0.2, 0.25) is 23.6 Å². The number of aliphatic imine (C=N–C) groups is 1. The molecule has 176 valence electrons. The van der Waals surface area contributed by atoms with Crippen molar-refractivity contribution < 1.29 is 34.2 Å². The zero-order chi connectivity index (χ0) is 24.1. The van der Waals surface area contributed by atoms with Crippen molar-refractivity contribution in [2.75, 3.05) is 13.2 Å². The van der Waals surface area contributed by atoms with E-state index >= 15 is 0 Å². The third-order valence-corrected chi connectivity index (χ3v) is 3.89. The number of aliphatic hydroxyl groups excluding tert-OH is 1. The summed E-state index contributed by atoms with van der Waals surface area (Å²) < 4.78 is 0. The number of aliphatic carboxylic acids is 1. The Bertz CT molecular complexity index is 695. The molecule has 13 N–H and O–H groups in total. The number of hydrogen-bond acceptors (Lipinski definition) is 8. The summed E-state index contributed by atoms with van der Waals surface area (Å²) >= 11 is 0. The van der Waals surface area contributed by atoms with Gasteiger partial charge in [-0.25, -0.2) is 4.79 Å². The number of amides is 4. The van der Waals surface area contributed by atoms with E-state index in [0.717, 1.165) is 0 Å². The predicted molar refractivity (Wildman–Crippen MR) is 108 cm³/mol. The zero-order valence-corrected chi connectivity index (χ0v) is 17.0. The molecular weight excluding hydrogens is 416 g/mol. The number of carbonyl (C=O) groups is 5. The maximum Gasteiger partial charge on any atom is 0.328 e. The highest BCUT2D eigenvalue weighted by molar-refractivity contribution is 5.96. The number of carboxylic acid groups (broad SMARTS) is 1. The van der Waals surface area contributed by atoms with E-state index in [1.807, 2.05) is 5.32 Å². The van der Waals surface area contributed by atoms with Crippen LogP contribution in [0.25, 0.3) is 0 Å². The van der Waals surface area contributed by atoms with Crippen LogP contribution in [0.3, 0.4) is 0 Å². The van der Waals surface area contributed by atoms with E-state index in [4.69, 9.17) is 33.1 Å². The van der Waals surface area contributed by atoms with Crippen molar-refractivity contribution in [1.29, 1.82) is 0 Å². The average Bonchev–Trinajstić information content (AvgIpc) is 2.67. The summed E-state index contributed by atoms with van der Waals surface area (Å²) in [5.41, 5.74) is 21.2. The number of nitrogens with two attached hydrogens (primary N) is 4. The molecule has 0 aliphatic carbocycles. The van der Waals surface area contributed by atoms with Gasteiger partial charge in [-0.15, -0.1) is 0 Å². The lowest BCUT2D eigenvalue weighted by atomic mass is 10.1. The number of nitrogens with zero attached hydrogens (tertiary/aromatic N) is 1. The monoisotopic (exact) mass is 446 g/mol.